The van der Waals surface area contributed by atoms with E-state index in [-0.39, 0.29) is 23.8 Å². The van der Waals surface area contributed by atoms with Gasteiger partial charge in [-0.3, -0.25) is 4.79 Å². The third kappa shape index (κ3) is 5.47. The highest BCUT2D eigenvalue weighted by Crippen LogP contribution is 2.16. The van der Waals surface area contributed by atoms with Crippen LogP contribution in [0.2, 0.25) is 0 Å². The van der Waals surface area contributed by atoms with Crippen LogP contribution in [0.1, 0.15) is 6.42 Å². The number of sulfonamides is 1. The van der Waals surface area contributed by atoms with E-state index in [0.29, 0.717) is 17.2 Å². The van der Waals surface area contributed by atoms with Crippen molar-refractivity contribution in [2.24, 2.45) is 0 Å². The maximum absolute atomic E-state index is 12.1. The lowest BCUT2D eigenvalue weighted by Crippen LogP contribution is -2.27. The summed E-state index contributed by atoms with van der Waals surface area (Å²) in [6.07, 6.45) is 0.0153. The Morgan fingerprint density at radius 1 is 0.920 bits per heavy atom. The predicted molar refractivity (Wildman–Crippen MR) is 94.4 cm³/mol. The molecule has 0 spiro atoms. The van der Waals surface area contributed by atoms with E-state index in [1.807, 2.05) is 0 Å². The zero-order valence-electron chi connectivity index (χ0n) is 14.0. The topological polar surface area (TPSA) is 93.7 Å². The standard InChI is InChI=1S/C17H20N2O5S/c1-23-14-5-3-13(4-6-14)19-17(20)11-12-18-25(21,22)16-9-7-15(24-2)8-10-16/h3-10,18H,11-12H2,1-2H3,(H,19,20). The van der Waals surface area contributed by atoms with Crippen molar-refractivity contribution in [1.82, 2.24) is 4.72 Å². The van der Waals surface area contributed by atoms with Gasteiger partial charge in [-0.05, 0) is 48.5 Å². The summed E-state index contributed by atoms with van der Waals surface area (Å²) in [6.45, 7) is -0.00362. The molecule has 25 heavy (non-hydrogen) atoms. The van der Waals surface area contributed by atoms with Crippen LogP contribution >= 0.6 is 0 Å². The lowest BCUT2D eigenvalue weighted by Gasteiger charge is -2.08. The predicted octanol–water partition coefficient (Wildman–Crippen LogP) is 2.01. The van der Waals surface area contributed by atoms with Crippen LogP contribution in [0.4, 0.5) is 5.69 Å². The number of hydrogen-bond donors (Lipinski definition) is 2. The van der Waals surface area contributed by atoms with Crippen LogP contribution in [0.15, 0.2) is 53.4 Å². The SMILES string of the molecule is COc1ccc(NC(=O)CCNS(=O)(=O)c2ccc(OC)cc2)cc1. The average Bonchev–Trinajstić information content (AvgIpc) is 2.62. The normalized spacial score (nSPS) is 11.0. The molecule has 0 radical (unpaired) electrons. The summed E-state index contributed by atoms with van der Waals surface area (Å²) in [5.41, 5.74) is 0.615. The first kappa shape index (κ1) is 18.8. The summed E-state index contributed by atoms with van der Waals surface area (Å²) in [4.78, 5) is 12.0. The molecule has 0 fully saturated rings. The third-order valence-electron chi connectivity index (χ3n) is 3.39. The van der Waals surface area contributed by atoms with Crippen molar-refractivity contribution in [2.75, 3.05) is 26.1 Å². The van der Waals surface area contributed by atoms with Crippen molar-refractivity contribution in [2.45, 2.75) is 11.3 Å². The molecule has 2 aromatic carbocycles. The molecule has 0 aromatic heterocycles. The first-order valence-corrected chi connectivity index (χ1v) is 9.00. The van der Waals surface area contributed by atoms with Crippen LogP contribution < -0.4 is 19.5 Å². The Hall–Kier alpha value is -2.58. The van der Waals surface area contributed by atoms with E-state index >= 15 is 0 Å². The summed E-state index contributed by atoms with van der Waals surface area (Å²) >= 11 is 0. The molecule has 0 heterocycles. The molecule has 7 nitrogen and oxygen atoms in total. The highest BCUT2D eigenvalue weighted by molar-refractivity contribution is 7.89. The first-order chi connectivity index (χ1) is 11.9. The zero-order chi connectivity index (χ0) is 18.3. The number of anilines is 1. The molecule has 0 bridgehead atoms. The number of nitrogens with one attached hydrogen (secondary N) is 2. The zero-order valence-corrected chi connectivity index (χ0v) is 14.8. The van der Waals surface area contributed by atoms with E-state index in [4.69, 9.17) is 9.47 Å². The molecular weight excluding hydrogens is 344 g/mol. The molecular formula is C17H20N2O5S. The van der Waals surface area contributed by atoms with Gasteiger partial charge in [-0.25, -0.2) is 13.1 Å². The van der Waals surface area contributed by atoms with Crippen molar-refractivity contribution in [1.29, 1.82) is 0 Å². The van der Waals surface area contributed by atoms with Crippen molar-refractivity contribution in [3.63, 3.8) is 0 Å². The molecule has 2 aromatic rings. The van der Waals surface area contributed by atoms with E-state index in [2.05, 4.69) is 10.0 Å². The van der Waals surface area contributed by atoms with E-state index < -0.39 is 10.0 Å². The number of methoxy groups -OCH3 is 2. The molecule has 8 heteroatoms. The third-order valence-corrected chi connectivity index (χ3v) is 4.86. The summed E-state index contributed by atoms with van der Waals surface area (Å²) < 4.78 is 36.7. The quantitative estimate of drug-likeness (QED) is 0.747. The number of benzene rings is 2. The Labute approximate surface area is 147 Å². The summed E-state index contributed by atoms with van der Waals surface area (Å²) in [7, 11) is -0.604. The van der Waals surface area contributed by atoms with Crippen molar-refractivity contribution < 1.29 is 22.7 Å². The van der Waals surface area contributed by atoms with Gasteiger partial charge in [-0.1, -0.05) is 0 Å². The summed E-state index contributed by atoms with van der Waals surface area (Å²) in [5, 5.41) is 2.69. The number of carbonyl (C=O) groups excluding carboxylic acids is 1. The Morgan fingerprint density at radius 2 is 1.44 bits per heavy atom. The van der Waals surface area contributed by atoms with Crippen LogP contribution in [-0.2, 0) is 14.8 Å². The molecule has 0 unspecified atom stereocenters. The Morgan fingerprint density at radius 3 is 1.96 bits per heavy atom. The summed E-state index contributed by atoms with van der Waals surface area (Å²) in [6, 6.07) is 12.9. The lowest BCUT2D eigenvalue weighted by molar-refractivity contribution is -0.116. The Balaban J connectivity index is 1.84. The van der Waals surface area contributed by atoms with Gasteiger partial charge in [0.2, 0.25) is 15.9 Å². The first-order valence-electron chi connectivity index (χ1n) is 7.52. The molecule has 0 saturated carbocycles. The highest BCUT2D eigenvalue weighted by Gasteiger charge is 2.14. The average molecular weight is 364 g/mol. The molecule has 2 rings (SSSR count). The minimum absolute atomic E-state index is 0.00362. The van der Waals surface area contributed by atoms with Crippen LogP contribution in [0.5, 0.6) is 11.5 Å². The van der Waals surface area contributed by atoms with Gasteiger partial charge in [-0.2, -0.15) is 0 Å². The van der Waals surface area contributed by atoms with Crippen molar-refractivity contribution in [3.8, 4) is 11.5 Å². The van der Waals surface area contributed by atoms with Crippen LogP contribution in [0, 0.1) is 0 Å². The van der Waals surface area contributed by atoms with E-state index in [1.54, 1.807) is 43.5 Å². The Bertz CT molecular complexity index is 802. The molecule has 1 amide bonds. The minimum atomic E-state index is -3.66. The number of hydrogen-bond acceptors (Lipinski definition) is 5. The molecule has 0 atom stereocenters. The smallest absolute Gasteiger partial charge is 0.240 e. The molecule has 134 valence electrons. The van der Waals surface area contributed by atoms with Crippen LogP contribution in [0.3, 0.4) is 0 Å². The molecule has 0 saturated heterocycles. The minimum Gasteiger partial charge on any atom is -0.497 e. The molecule has 0 aliphatic rings. The van der Waals surface area contributed by atoms with Gasteiger partial charge in [0.25, 0.3) is 0 Å². The number of ether oxygens (including phenoxy) is 2. The second-order valence-electron chi connectivity index (χ2n) is 5.10. The second-order valence-corrected chi connectivity index (χ2v) is 6.87. The Kier molecular flexibility index (Phi) is 6.37. The highest BCUT2D eigenvalue weighted by atomic mass is 32.2. The van der Waals surface area contributed by atoms with E-state index in [9.17, 15) is 13.2 Å². The van der Waals surface area contributed by atoms with Gasteiger partial charge in [0.05, 0.1) is 19.1 Å². The van der Waals surface area contributed by atoms with Gasteiger partial charge in [-0.15, -0.1) is 0 Å². The fraction of sp³-hybridized carbons (Fsp3) is 0.235. The largest absolute Gasteiger partial charge is 0.497 e. The monoisotopic (exact) mass is 364 g/mol. The van der Waals surface area contributed by atoms with Crippen LogP contribution in [-0.4, -0.2) is 35.1 Å². The number of rotatable bonds is 8. The molecule has 0 aliphatic carbocycles. The second kappa shape index (κ2) is 8.50. The maximum atomic E-state index is 12.1. The fourth-order valence-electron chi connectivity index (χ4n) is 2.03. The molecule has 0 aliphatic heterocycles. The van der Waals surface area contributed by atoms with Crippen molar-refractivity contribution in [3.05, 3.63) is 48.5 Å². The summed E-state index contributed by atoms with van der Waals surface area (Å²) in [5.74, 6) is 0.964. The van der Waals surface area contributed by atoms with E-state index in [1.165, 1.54) is 19.2 Å². The van der Waals surface area contributed by atoms with E-state index in [0.717, 1.165) is 0 Å². The van der Waals surface area contributed by atoms with Gasteiger partial charge in [0, 0.05) is 18.7 Å². The van der Waals surface area contributed by atoms with Crippen molar-refractivity contribution >= 4 is 21.6 Å². The van der Waals surface area contributed by atoms with Crippen LogP contribution in [0.25, 0.3) is 0 Å². The lowest BCUT2D eigenvalue weighted by atomic mass is 10.3. The molecule has 2 N–H and O–H groups in total. The van der Waals surface area contributed by atoms with Gasteiger partial charge in [0.15, 0.2) is 0 Å². The fourth-order valence-corrected chi connectivity index (χ4v) is 3.07. The van der Waals surface area contributed by atoms with Gasteiger partial charge >= 0.3 is 0 Å². The van der Waals surface area contributed by atoms with Gasteiger partial charge in [0.1, 0.15) is 11.5 Å². The maximum Gasteiger partial charge on any atom is 0.240 e. The number of amides is 1. The number of carbonyl (C=O) groups is 1. The van der Waals surface area contributed by atoms with Gasteiger partial charge < -0.3 is 14.8 Å².